The first-order valence-electron chi connectivity index (χ1n) is 7.83. The van der Waals surface area contributed by atoms with Gasteiger partial charge >= 0.3 is 12.5 Å². The van der Waals surface area contributed by atoms with Gasteiger partial charge in [-0.25, -0.2) is 4.79 Å². The quantitative estimate of drug-likeness (QED) is 0.819. The van der Waals surface area contributed by atoms with Gasteiger partial charge in [0, 0.05) is 31.9 Å². The minimum absolute atomic E-state index is 0.0932. The molecule has 1 saturated heterocycles. The normalized spacial score (nSPS) is 15.9. The Labute approximate surface area is 144 Å². The predicted octanol–water partition coefficient (Wildman–Crippen LogP) is 3.22. The number of nitrogens with zero attached hydrogens (tertiary/aromatic N) is 2. The lowest BCUT2D eigenvalue weighted by Crippen LogP contribution is -2.50. The van der Waals surface area contributed by atoms with E-state index in [0.29, 0.717) is 31.9 Å². The zero-order valence-corrected chi connectivity index (χ0v) is 14.4. The average Bonchev–Trinajstić information content (AvgIpc) is 2.46. The predicted molar refractivity (Wildman–Crippen MR) is 87.6 cm³/mol. The highest BCUT2D eigenvalue weighted by atomic mass is 19.4. The summed E-state index contributed by atoms with van der Waals surface area (Å²) in [5.41, 5.74) is 5.67. The van der Waals surface area contributed by atoms with Gasteiger partial charge in [-0.15, -0.1) is 13.2 Å². The summed E-state index contributed by atoms with van der Waals surface area (Å²) < 4.78 is 46.0. The van der Waals surface area contributed by atoms with E-state index in [-0.39, 0.29) is 11.8 Å². The van der Waals surface area contributed by atoms with Crippen LogP contribution in [-0.4, -0.2) is 49.1 Å². The first-order chi connectivity index (χ1) is 11.4. The van der Waals surface area contributed by atoms with Gasteiger partial charge in [0.25, 0.3) is 0 Å². The van der Waals surface area contributed by atoms with Gasteiger partial charge in [0.2, 0.25) is 0 Å². The van der Waals surface area contributed by atoms with Crippen molar-refractivity contribution in [1.29, 1.82) is 0 Å². The highest BCUT2D eigenvalue weighted by Crippen LogP contribution is 2.32. The number of hydrogen-bond acceptors (Lipinski definition) is 5. The van der Waals surface area contributed by atoms with Crippen LogP contribution in [-0.2, 0) is 4.74 Å². The lowest BCUT2D eigenvalue weighted by atomic mass is 10.2. The van der Waals surface area contributed by atoms with Crippen LogP contribution in [0.25, 0.3) is 0 Å². The van der Waals surface area contributed by atoms with Gasteiger partial charge in [0.1, 0.15) is 5.60 Å². The summed E-state index contributed by atoms with van der Waals surface area (Å²) >= 11 is 0. The SMILES string of the molecule is CC(C)(C)OC(=O)N1CCN(c2ccc(OC(F)(F)F)c(N)c2)CC1. The van der Waals surface area contributed by atoms with Gasteiger partial charge in [-0.1, -0.05) is 0 Å². The van der Waals surface area contributed by atoms with Gasteiger partial charge in [0.05, 0.1) is 5.69 Å². The highest BCUT2D eigenvalue weighted by molar-refractivity contribution is 5.69. The molecule has 0 bridgehead atoms. The van der Waals surface area contributed by atoms with Crippen molar-refractivity contribution in [3.05, 3.63) is 18.2 Å². The van der Waals surface area contributed by atoms with Crippen molar-refractivity contribution in [2.75, 3.05) is 36.8 Å². The van der Waals surface area contributed by atoms with E-state index < -0.39 is 17.7 Å². The molecular formula is C16H22F3N3O3. The fourth-order valence-corrected chi connectivity index (χ4v) is 2.42. The highest BCUT2D eigenvalue weighted by Gasteiger charge is 2.32. The maximum Gasteiger partial charge on any atom is 0.573 e. The van der Waals surface area contributed by atoms with Gasteiger partial charge in [-0.05, 0) is 39.0 Å². The van der Waals surface area contributed by atoms with Crippen LogP contribution in [0.2, 0.25) is 0 Å². The standard InChI is InChI=1S/C16H22F3N3O3/c1-15(2,3)25-14(23)22-8-6-21(7-9-22)11-4-5-13(12(20)10-11)24-16(17,18)19/h4-5,10H,6-9,20H2,1-3H3. The molecule has 1 aliphatic heterocycles. The van der Waals surface area contributed by atoms with Crippen molar-refractivity contribution in [2.45, 2.75) is 32.7 Å². The molecule has 0 aliphatic carbocycles. The van der Waals surface area contributed by atoms with E-state index in [0.717, 1.165) is 0 Å². The second kappa shape index (κ2) is 6.89. The van der Waals surface area contributed by atoms with Crippen LogP contribution < -0.4 is 15.4 Å². The Balaban J connectivity index is 1.97. The fourth-order valence-electron chi connectivity index (χ4n) is 2.42. The molecule has 1 aliphatic rings. The lowest BCUT2D eigenvalue weighted by Gasteiger charge is -2.36. The number of nitrogen functional groups attached to an aromatic ring is 1. The van der Waals surface area contributed by atoms with E-state index >= 15 is 0 Å². The van der Waals surface area contributed by atoms with Gasteiger partial charge < -0.3 is 25.0 Å². The summed E-state index contributed by atoms with van der Waals surface area (Å²) in [6, 6.07) is 4.14. The van der Waals surface area contributed by atoms with Crippen LogP contribution in [0.1, 0.15) is 20.8 Å². The van der Waals surface area contributed by atoms with Crippen LogP contribution >= 0.6 is 0 Å². The maximum absolute atomic E-state index is 12.3. The van der Waals surface area contributed by atoms with E-state index in [1.165, 1.54) is 18.2 Å². The van der Waals surface area contributed by atoms with E-state index in [1.54, 1.807) is 25.7 Å². The monoisotopic (exact) mass is 361 g/mol. The molecule has 2 rings (SSSR count). The second-order valence-electron chi connectivity index (χ2n) is 6.72. The van der Waals surface area contributed by atoms with Crippen LogP contribution in [0.5, 0.6) is 5.75 Å². The van der Waals surface area contributed by atoms with Crippen LogP contribution in [0.15, 0.2) is 18.2 Å². The number of carbonyl (C=O) groups is 1. The Hall–Kier alpha value is -2.32. The maximum atomic E-state index is 12.3. The zero-order valence-electron chi connectivity index (χ0n) is 14.4. The number of ether oxygens (including phenoxy) is 2. The molecule has 0 radical (unpaired) electrons. The summed E-state index contributed by atoms with van der Waals surface area (Å²) in [6.45, 7) is 7.36. The molecule has 9 heteroatoms. The van der Waals surface area contributed by atoms with Crippen molar-refractivity contribution in [2.24, 2.45) is 0 Å². The molecule has 1 aromatic carbocycles. The van der Waals surface area contributed by atoms with Crippen LogP contribution in [0, 0.1) is 0 Å². The molecule has 1 aromatic rings. The Kier molecular flexibility index (Phi) is 5.24. The molecule has 0 unspecified atom stereocenters. The fraction of sp³-hybridized carbons (Fsp3) is 0.562. The molecule has 0 aromatic heterocycles. The second-order valence-corrected chi connectivity index (χ2v) is 6.72. The minimum Gasteiger partial charge on any atom is -0.444 e. The Morgan fingerprint density at radius 3 is 2.20 bits per heavy atom. The molecule has 1 amide bonds. The molecule has 140 valence electrons. The number of halogens is 3. The molecule has 0 spiro atoms. The van der Waals surface area contributed by atoms with Gasteiger partial charge in [-0.3, -0.25) is 0 Å². The van der Waals surface area contributed by atoms with Gasteiger partial charge in [0.15, 0.2) is 5.75 Å². The van der Waals surface area contributed by atoms with E-state index in [1.807, 2.05) is 4.90 Å². The number of amides is 1. The molecule has 1 fully saturated rings. The Bertz CT molecular complexity index is 621. The third-order valence-electron chi connectivity index (χ3n) is 3.52. The average molecular weight is 361 g/mol. The van der Waals surface area contributed by atoms with E-state index in [4.69, 9.17) is 10.5 Å². The van der Waals surface area contributed by atoms with Crippen molar-refractivity contribution in [3.63, 3.8) is 0 Å². The summed E-state index contributed by atoms with van der Waals surface area (Å²) in [7, 11) is 0. The molecular weight excluding hydrogens is 339 g/mol. The van der Waals surface area contributed by atoms with Crippen LogP contribution in [0.3, 0.4) is 0 Å². The summed E-state index contributed by atoms with van der Waals surface area (Å²) in [5.74, 6) is -0.427. The largest absolute Gasteiger partial charge is 0.573 e. The molecule has 0 saturated carbocycles. The zero-order chi connectivity index (χ0) is 18.8. The smallest absolute Gasteiger partial charge is 0.444 e. The number of hydrogen-bond donors (Lipinski definition) is 1. The molecule has 6 nitrogen and oxygen atoms in total. The first-order valence-corrected chi connectivity index (χ1v) is 7.83. The topological polar surface area (TPSA) is 68.0 Å². The van der Waals surface area contributed by atoms with Crippen molar-refractivity contribution >= 4 is 17.5 Å². The third-order valence-corrected chi connectivity index (χ3v) is 3.52. The number of anilines is 2. The molecule has 2 N–H and O–H groups in total. The van der Waals surface area contributed by atoms with Crippen molar-refractivity contribution < 1.29 is 27.4 Å². The number of piperazine rings is 1. The van der Waals surface area contributed by atoms with E-state index in [9.17, 15) is 18.0 Å². The summed E-state index contributed by atoms with van der Waals surface area (Å²) in [6.07, 6.45) is -5.16. The van der Waals surface area contributed by atoms with Gasteiger partial charge in [-0.2, -0.15) is 0 Å². The Morgan fingerprint density at radius 1 is 1.12 bits per heavy atom. The lowest BCUT2D eigenvalue weighted by molar-refractivity contribution is -0.274. The molecule has 1 heterocycles. The molecule has 25 heavy (non-hydrogen) atoms. The Morgan fingerprint density at radius 2 is 1.72 bits per heavy atom. The number of benzene rings is 1. The number of rotatable bonds is 2. The number of alkyl halides is 3. The molecule has 0 atom stereocenters. The van der Waals surface area contributed by atoms with Crippen molar-refractivity contribution in [1.82, 2.24) is 4.90 Å². The van der Waals surface area contributed by atoms with Crippen LogP contribution in [0.4, 0.5) is 29.3 Å². The summed E-state index contributed by atoms with van der Waals surface area (Å²) in [4.78, 5) is 15.6. The number of carbonyl (C=O) groups excluding carboxylic acids is 1. The number of nitrogens with two attached hydrogens (primary N) is 1. The first kappa shape index (κ1) is 19.0. The van der Waals surface area contributed by atoms with E-state index in [2.05, 4.69) is 4.74 Å². The van der Waals surface area contributed by atoms with Crippen molar-refractivity contribution in [3.8, 4) is 5.75 Å². The third kappa shape index (κ3) is 5.61. The minimum atomic E-state index is -4.78. The summed E-state index contributed by atoms with van der Waals surface area (Å²) in [5, 5.41) is 0.